The van der Waals surface area contributed by atoms with Crippen LogP contribution < -0.4 is 43.1 Å². The molecule has 6 aromatic rings. The van der Waals surface area contributed by atoms with Crippen LogP contribution in [0.15, 0.2) is 48.5 Å². The molecule has 0 bridgehead atoms. The predicted molar refractivity (Wildman–Crippen MR) is 197 cm³/mol. The van der Waals surface area contributed by atoms with E-state index >= 15 is 35.1 Å². The molecule has 0 aromatic heterocycles. The average Bonchev–Trinajstić information content (AvgIpc) is 3.31. The zero-order chi connectivity index (χ0) is 49.3. The molecule has 352 valence electrons. The van der Waals surface area contributed by atoms with Gasteiger partial charge < -0.3 is 0 Å². The van der Waals surface area contributed by atoms with Gasteiger partial charge in [-0.2, -0.15) is 0 Å². The third-order valence-electron chi connectivity index (χ3n) is 10.4. The molecule has 0 spiro atoms. The van der Waals surface area contributed by atoms with Crippen molar-refractivity contribution < 1.29 is 109 Å². The Hall–Kier alpha value is -5.29. The number of rotatable bonds is 12. The summed E-state index contributed by atoms with van der Waals surface area (Å²) in [6.45, 7) is 4.55. The maximum absolute atomic E-state index is 15.4. The fraction of sp³-hybridized carbons (Fsp3) is 0.182. The standard InChI is InChI=1S/C24BF20.C20H26I/c26-5-1(6(27)14(35)21(42)13(5)34)25(2-7(28)15(36)22(43)16(37)8(2)29,3-9(30)17(38)23(44)18(39)10(3)31)4-11(32)19(40)24(45)20(41)12(4)33;1-3-5-11-17-13-7-9-15-19(17)21-20-16-10-8-14-18(20)12-6-4-2/h;7-10,13-16H,3-6,11-12H2,1-2H3/q-1;+1. The third-order valence-corrected chi connectivity index (χ3v) is 13.7. The van der Waals surface area contributed by atoms with Crippen molar-refractivity contribution in [2.75, 3.05) is 0 Å². The molecule has 0 fully saturated rings. The van der Waals surface area contributed by atoms with Gasteiger partial charge in [-0.15, -0.1) is 21.9 Å². The lowest BCUT2D eigenvalue weighted by Gasteiger charge is -2.44. The molecular formula is C44H26BF20I. The summed E-state index contributed by atoms with van der Waals surface area (Å²) in [4.78, 5) is 0. The average molecular weight is 1070 g/mol. The van der Waals surface area contributed by atoms with Gasteiger partial charge in [-0.3, -0.25) is 0 Å². The lowest BCUT2D eigenvalue weighted by atomic mass is 9.12. The molecule has 0 aliphatic rings. The van der Waals surface area contributed by atoms with Crippen LogP contribution in [0.4, 0.5) is 87.8 Å². The first-order chi connectivity index (χ1) is 31.0. The molecule has 22 heteroatoms. The number of aryl methyl sites for hydroxylation is 2. The van der Waals surface area contributed by atoms with Crippen molar-refractivity contribution in [2.24, 2.45) is 0 Å². The molecule has 6 aromatic carbocycles. The second-order valence-corrected chi connectivity index (χ2v) is 17.1. The lowest BCUT2D eigenvalue weighted by Crippen LogP contribution is -3.62. The first-order valence-corrected chi connectivity index (χ1v) is 21.2. The minimum Gasteiger partial charge on any atom is -0.207 e. The molecule has 0 radical (unpaired) electrons. The molecule has 0 saturated heterocycles. The summed E-state index contributed by atoms with van der Waals surface area (Å²) in [5.41, 5.74) is -11.2. The van der Waals surface area contributed by atoms with Gasteiger partial charge in [-0.1, -0.05) is 63.1 Å². The van der Waals surface area contributed by atoms with Crippen LogP contribution in [0.2, 0.25) is 0 Å². The Morgan fingerprint density at radius 1 is 0.303 bits per heavy atom. The van der Waals surface area contributed by atoms with Crippen LogP contribution in [0.5, 0.6) is 0 Å². The quantitative estimate of drug-likeness (QED) is 0.0381. The van der Waals surface area contributed by atoms with Crippen LogP contribution in [0.1, 0.15) is 50.7 Å². The summed E-state index contributed by atoms with van der Waals surface area (Å²) >= 11 is -0.0502. The van der Waals surface area contributed by atoms with Crippen molar-refractivity contribution >= 4 is 28.0 Å². The number of hydrogen-bond donors (Lipinski definition) is 0. The Labute approximate surface area is 371 Å². The van der Waals surface area contributed by atoms with Gasteiger partial charge in [0, 0.05) is 11.1 Å². The minimum atomic E-state index is -7.22. The molecule has 0 amide bonds. The minimum absolute atomic E-state index is 0.0502. The zero-order valence-electron chi connectivity index (χ0n) is 33.4. The number of halogens is 21. The van der Waals surface area contributed by atoms with Crippen LogP contribution in [-0.4, -0.2) is 6.15 Å². The second-order valence-electron chi connectivity index (χ2n) is 14.3. The van der Waals surface area contributed by atoms with E-state index in [0.29, 0.717) is 0 Å². The van der Waals surface area contributed by atoms with Crippen molar-refractivity contribution in [1.29, 1.82) is 0 Å². The molecule has 0 unspecified atom stereocenters. The Bertz CT molecular complexity index is 2400. The van der Waals surface area contributed by atoms with E-state index in [2.05, 4.69) is 62.4 Å². The number of hydrogen-bond acceptors (Lipinski definition) is 0. The normalized spacial score (nSPS) is 11.6. The van der Waals surface area contributed by atoms with Gasteiger partial charge in [0.15, 0.2) is 76.9 Å². The van der Waals surface area contributed by atoms with Crippen LogP contribution in [0.25, 0.3) is 0 Å². The molecule has 0 atom stereocenters. The fourth-order valence-corrected chi connectivity index (χ4v) is 10.3. The highest BCUT2D eigenvalue weighted by molar-refractivity contribution is 7.20. The van der Waals surface area contributed by atoms with Crippen molar-refractivity contribution in [3.8, 4) is 0 Å². The largest absolute Gasteiger partial charge is 0.358 e. The lowest BCUT2D eigenvalue weighted by molar-refractivity contribution is -0.599. The molecule has 6 rings (SSSR count). The van der Waals surface area contributed by atoms with E-state index in [1.165, 1.54) is 38.5 Å². The molecule has 0 aliphatic heterocycles. The monoisotopic (exact) mass is 1070 g/mol. The Morgan fingerprint density at radius 2 is 0.500 bits per heavy atom. The van der Waals surface area contributed by atoms with Crippen LogP contribution in [-0.2, 0) is 12.8 Å². The maximum Gasteiger partial charge on any atom is 0.358 e. The van der Waals surface area contributed by atoms with Gasteiger partial charge >= 0.3 is 21.2 Å². The molecule has 0 aliphatic carbocycles. The molecule has 0 heterocycles. The second kappa shape index (κ2) is 20.7. The first-order valence-electron chi connectivity index (χ1n) is 19.1. The van der Waals surface area contributed by atoms with Crippen molar-refractivity contribution in [1.82, 2.24) is 0 Å². The third kappa shape index (κ3) is 8.84. The van der Waals surface area contributed by atoms with E-state index < -0.39 is 144 Å². The highest BCUT2D eigenvalue weighted by atomic mass is 127. The fourth-order valence-electron chi connectivity index (χ4n) is 7.31. The van der Waals surface area contributed by atoms with Crippen LogP contribution >= 0.6 is 0 Å². The van der Waals surface area contributed by atoms with Gasteiger partial charge in [-0.25, -0.2) is 87.8 Å². The Morgan fingerprint density at radius 3 is 0.712 bits per heavy atom. The molecule has 0 nitrogen and oxygen atoms in total. The van der Waals surface area contributed by atoms with E-state index in [9.17, 15) is 52.7 Å². The summed E-state index contributed by atoms with van der Waals surface area (Å²) in [5, 5.41) is 0. The van der Waals surface area contributed by atoms with E-state index in [1.54, 1.807) is 18.3 Å². The summed E-state index contributed by atoms with van der Waals surface area (Å²) in [6, 6.07) is 18.2. The summed E-state index contributed by atoms with van der Waals surface area (Å²) in [5.74, 6) is -71.4. The number of benzene rings is 6. The Kier molecular flexibility index (Phi) is 16.2. The summed E-state index contributed by atoms with van der Waals surface area (Å²) in [6.07, 6.45) is 0.425. The molecule has 0 N–H and O–H groups in total. The van der Waals surface area contributed by atoms with Gasteiger partial charge in [0.2, 0.25) is 0 Å². The smallest absolute Gasteiger partial charge is 0.207 e. The van der Waals surface area contributed by atoms with Crippen LogP contribution in [0.3, 0.4) is 0 Å². The van der Waals surface area contributed by atoms with Gasteiger partial charge in [0.05, 0.1) is 0 Å². The van der Waals surface area contributed by atoms with Gasteiger partial charge in [0.25, 0.3) is 0 Å². The maximum atomic E-state index is 15.4. The molecule has 0 saturated carbocycles. The van der Waals surface area contributed by atoms with Gasteiger partial charge in [-0.05, 0) is 37.8 Å². The zero-order valence-corrected chi connectivity index (χ0v) is 35.5. The summed E-state index contributed by atoms with van der Waals surface area (Å²) in [7, 11) is 0. The molecular weight excluding hydrogens is 1050 g/mol. The van der Waals surface area contributed by atoms with E-state index in [4.69, 9.17) is 0 Å². The van der Waals surface area contributed by atoms with E-state index in [0.717, 1.165) is 0 Å². The van der Waals surface area contributed by atoms with E-state index in [-0.39, 0.29) is 21.2 Å². The van der Waals surface area contributed by atoms with Gasteiger partial charge in [0.1, 0.15) is 52.7 Å². The van der Waals surface area contributed by atoms with Crippen molar-refractivity contribution in [3.05, 3.63) is 183 Å². The summed E-state index contributed by atoms with van der Waals surface area (Å²) < 4.78 is 297. The topological polar surface area (TPSA) is 0 Å². The Balaban J connectivity index is 0.000000324. The number of unbranched alkanes of at least 4 members (excludes halogenated alkanes) is 2. The molecule has 66 heavy (non-hydrogen) atoms. The predicted octanol–water partition coefficient (Wildman–Crippen LogP) is 8.35. The first kappa shape index (κ1) is 51.7. The highest BCUT2D eigenvalue weighted by Gasteiger charge is 2.52. The van der Waals surface area contributed by atoms with Crippen molar-refractivity contribution in [3.63, 3.8) is 0 Å². The van der Waals surface area contributed by atoms with Crippen molar-refractivity contribution in [2.45, 2.75) is 52.4 Å². The SMILES string of the molecule is CCCCc1ccccc1[I+]c1ccccc1CCCC.Fc1c(F)c(F)c([B-](c2c(F)c(F)c(F)c(F)c2F)(c2c(F)c(F)c(F)c(F)c2F)c2c(F)c(F)c(F)c(F)c2F)c(F)c1F. The highest BCUT2D eigenvalue weighted by Crippen LogP contribution is 2.31. The van der Waals surface area contributed by atoms with E-state index in [1.807, 2.05) is 0 Å². The van der Waals surface area contributed by atoms with Crippen LogP contribution in [0, 0.1) is 123 Å².